The van der Waals surface area contributed by atoms with Crippen molar-refractivity contribution in [2.75, 3.05) is 33.7 Å². The number of amides is 3. The number of ketones is 1. The lowest BCUT2D eigenvalue weighted by Gasteiger charge is -2.51. The minimum atomic E-state index is -0.550. The molecule has 3 aliphatic rings. The van der Waals surface area contributed by atoms with Gasteiger partial charge in [-0.15, -0.1) is 0 Å². The predicted octanol–water partition coefficient (Wildman–Crippen LogP) is 3.60. The SMILES string of the molecule is CN(C)C1(c2ccccc2)CCC2(CC1)CN(CC(=O)Cc1cc(C(N)=O)ccn1)C(=O)N2CC1CCC1. The Morgan fingerprint density at radius 1 is 1.08 bits per heavy atom. The molecule has 2 aliphatic carbocycles. The lowest BCUT2D eigenvalue weighted by molar-refractivity contribution is -0.119. The summed E-state index contributed by atoms with van der Waals surface area (Å²) in [4.78, 5) is 48.8. The Labute approximate surface area is 225 Å². The summed E-state index contributed by atoms with van der Waals surface area (Å²) in [5.74, 6) is -0.0799. The average Bonchev–Trinajstić information content (AvgIpc) is 3.12. The number of carbonyl (C=O) groups excluding carboxylic acids is 3. The standard InChI is InChI=1S/C30H39N5O3/c1-33(2)30(24-9-4-3-5-10-24)14-12-29(13-15-30)21-34(28(38)35(29)19-22-7-6-8-22)20-26(36)18-25-17-23(27(31)37)11-16-32-25/h3-5,9-11,16-17,22H,6-8,12-15,18-21H2,1-2H3,(H2,31,37). The van der Waals surface area contributed by atoms with Gasteiger partial charge in [0.15, 0.2) is 5.78 Å². The summed E-state index contributed by atoms with van der Waals surface area (Å²) >= 11 is 0. The van der Waals surface area contributed by atoms with Gasteiger partial charge < -0.3 is 15.5 Å². The van der Waals surface area contributed by atoms with Gasteiger partial charge in [-0.3, -0.25) is 19.5 Å². The van der Waals surface area contributed by atoms with E-state index in [1.807, 2.05) is 0 Å². The van der Waals surface area contributed by atoms with Crippen LogP contribution in [0.4, 0.5) is 4.79 Å². The first-order valence-corrected chi connectivity index (χ1v) is 13.8. The molecule has 1 aromatic heterocycles. The normalized spacial score (nSPS) is 25.7. The van der Waals surface area contributed by atoms with Crippen molar-refractivity contribution >= 4 is 17.7 Å². The Balaban J connectivity index is 1.33. The third-order valence-corrected chi connectivity index (χ3v) is 9.25. The molecule has 38 heavy (non-hydrogen) atoms. The van der Waals surface area contributed by atoms with Crippen LogP contribution < -0.4 is 5.73 Å². The second-order valence-corrected chi connectivity index (χ2v) is 11.7. The van der Waals surface area contributed by atoms with Crippen molar-refractivity contribution in [1.29, 1.82) is 0 Å². The first-order chi connectivity index (χ1) is 18.2. The van der Waals surface area contributed by atoms with Gasteiger partial charge in [-0.05, 0) is 76.2 Å². The molecule has 0 atom stereocenters. The highest BCUT2D eigenvalue weighted by Crippen LogP contribution is 2.49. The van der Waals surface area contributed by atoms with Crippen molar-refractivity contribution in [2.24, 2.45) is 11.7 Å². The van der Waals surface area contributed by atoms with E-state index in [1.54, 1.807) is 11.0 Å². The van der Waals surface area contributed by atoms with Crippen LogP contribution in [0.25, 0.3) is 0 Å². The second kappa shape index (κ2) is 10.5. The lowest BCUT2D eigenvalue weighted by atomic mass is 9.68. The second-order valence-electron chi connectivity index (χ2n) is 11.7. The minimum Gasteiger partial charge on any atom is -0.366 e. The van der Waals surface area contributed by atoms with Crippen LogP contribution in [0.3, 0.4) is 0 Å². The smallest absolute Gasteiger partial charge is 0.321 e. The summed E-state index contributed by atoms with van der Waals surface area (Å²) in [6, 6.07) is 13.8. The Bertz CT molecular complexity index is 1190. The molecule has 0 bridgehead atoms. The van der Waals surface area contributed by atoms with Gasteiger partial charge >= 0.3 is 6.03 Å². The van der Waals surface area contributed by atoms with Crippen LogP contribution in [0.2, 0.25) is 0 Å². The van der Waals surface area contributed by atoms with E-state index in [-0.39, 0.29) is 35.9 Å². The molecular formula is C30H39N5O3. The lowest BCUT2D eigenvalue weighted by Crippen LogP contribution is -2.56. The number of carbonyl (C=O) groups is 3. The molecule has 8 heteroatoms. The van der Waals surface area contributed by atoms with Crippen LogP contribution in [0.15, 0.2) is 48.7 Å². The number of hydrogen-bond donors (Lipinski definition) is 1. The summed E-state index contributed by atoms with van der Waals surface area (Å²) < 4.78 is 0. The fraction of sp³-hybridized carbons (Fsp3) is 0.533. The van der Waals surface area contributed by atoms with Crippen LogP contribution in [-0.4, -0.2) is 76.7 Å². The molecule has 5 rings (SSSR count). The molecule has 8 nitrogen and oxygen atoms in total. The molecule has 3 amide bonds. The molecule has 1 aliphatic heterocycles. The largest absolute Gasteiger partial charge is 0.366 e. The minimum absolute atomic E-state index is 0.0128. The predicted molar refractivity (Wildman–Crippen MR) is 145 cm³/mol. The number of pyridine rings is 1. The number of urea groups is 1. The molecule has 2 N–H and O–H groups in total. The zero-order valence-corrected chi connectivity index (χ0v) is 22.6. The van der Waals surface area contributed by atoms with Crippen LogP contribution in [-0.2, 0) is 16.8 Å². The van der Waals surface area contributed by atoms with Gasteiger partial charge in [0, 0.05) is 36.1 Å². The molecule has 3 fully saturated rings. The highest BCUT2D eigenvalue weighted by atomic mass is 16.2. The Morgan fingerprint density at radius 3 is 2.39 bits per heavy atom. The number of primary amides is 1. The number of hydrogen-bond acceptors (Lipinski definition) is 5. The molecule has 1 saturated heterocycles. The Kier molecular flexibility index (Phi) is 7.27. The van der Waals surface area contributed by atoms with Gasteiger partial charge in [-0.1, -0.05) is 36.8 Å². The molecule has 2 aromatic rings. The number of nitrogens with two attached hydrogens (primary N) is 1. The van der Waals surface area contributed by atoms with E-state index in [0.717, 1.165) is 32.2 Å². The maximum Gasteiger partial charge on any atom is 0.321 e. The number of benzene rings is 1. The van der Waals surface area contributed by atoms with Crippen LogP contribution in [0.1, 0.15) is 66.6 Å². The van der Waals surface area contributed by atoms with Crippen molar-refractivity contribution in [2.45, 2.75) is 62.4 Å². The molecule has 0 unspecified atom stereocenters. The van der Waals surface area contributed by atoms with Gasteiger partial charge in [0.05, 0.1) is 18.5 Å². The summed E-state index contributed by atoms with van der Waals surface area (Å²) in [5.41, 5.74) is 7.22. The monoisotopic (exact) mass is 517 g/mol. The zero-order valence-electron chi connectivity index (χ0n) is 22.6. The first kappa shape index (κ1) is 26.4. The van der Waals surface area contributed by atoms with Crippen LogP contribution in [0, 0.1) is 5.92 Å². The van der Waals surface area contributed by atoms with E-state index in [0.29, 0.717) is 23.7 Å². The Morgan fingerprint density at radius 2 is 1.79 bits per heavy atom. The first-order valence-electron chi connectivity index (χ1n) is 13.8. The molecule has 2 saturated carbocycles. The molecule has 1 spiro atoms. The van der Waals surface area contributed by atoms with Gasteiger partial charge in [-0.25, -0.2) is 4.79 Å². The molecule has 2 heterocycles. The van der Waals surface area contributed by atoms with Crippen molar-refractivity contribution < 1.29 is 14.4 Å². The molecular weight excluding hydrogens is 478 g/mol. The number of rotatable bonds is 9. The topological polar surface area (TPSA) is 99.8 Å². The highest BCUT2D eigenvalue weighted by Gasteiger charge is 2.55. The Hall–Kier alpha value is -3.26. The number of Topliss-reactive ketones (excluding diaryl/α,β-unsaturated/α-hetero) is 1. The average molecular weight is 518 g/mol. The molecule has 202 valence electrons. The van der Waals surface area contributed by atoms with Gasteiger partial charge in [0.2, 0.25) is 5.91 Å². The third-order valence-electron chi connectivity index (χ3n) is 9.25. The van der Waals surface area contributed by atoms with E-state index >= 15 is 0 Å². The zero-order chi connectivity index (χ0) is 26.9. The van der Waals surface area contributed by atoms with Crippen molar-refractivity contribution in [3.05, 3.63) is 65.5 Å². The summed E-state index contributed by atoms with van der Waals surface area (Å²) in [5, 5.41) is 0. The van der Waals surface area contributed by atoms with Crippen LogP contribution >= 0.6 is 0 Å². The summed E-state index contributed by atoms with van der Waals surface area (Å²) in [6.45, 7) is 1.42. The van der Waals surface area contributed by atoms with Gasteiger partial charge in [-0.2, -0.15) is 0 Å². The molecule has 0 radical (unpaired) electrons. The number of aromatic nitrogens is 1. The van der Waals surface area contributed by atoms with E-state index in [2.05, 4.69) is 59.2 Å². The summed E-state index contributed by atoms with van der Waals surface area (Å²) in [6.07, 6.45) is 8.88. The molecule has 1 aromatic carbocycles. The number of nitrogens with zero attached hydrogens (tertiary/aromatic N) is 4. The fourth-order valence-corrected chi connectivity index (χ4v) is 6.71. The van der Waals surface area contributed by atoms with E-state index < -0.39 is 5.91 Å². The van der Waals surface area contributed by atoms with Gasteiger partial charge in [0.25, 0.3) is 0 Å². The highest BCUT2D eigenvalue weighted by molar-refractivity contribution is 5.93. The maximum absolute atomic E-state index is 13.8. The van der Waals surface area contributed by atoms with Gasteiger partial charge in [0.1, 0.15) is 0 Å². The van der Waals surface area contributed by atoms with Crippen molar-refractivity contribution in [3.8, 4) is 0 Å². The van der Waals surface area contributed by atoms with Crippen LogP contribution in [0.5, 0.6) is 0 Å². The quantitative estimate of drug-likeness (QED) is 0.548. The fourth-order valence-electron chi connectivity index (χ4n) is 6.71. The van der Waals surface area contributed by atoms with E-state index in [9.17, 15) is 14.4 Å². The maximum atomic E-state index is 13.8. The van der Waals surface area contributed by atoms with E-state index in [1.165, 1.54) is 37.1 Å². The van der Waals surface area contributed by atoms with E-state index in [4.69, 9.17) is 5.73 Å². The summed E-state index contributed by atoms with van der Waals surface area (Å²) in [7, 11) is 4.31. The van der Waals surface area contributed by atoms with Crippen molar-refractivity contribution in [1.82, 2.24) is 19.7 Å². The van der Waals surface area contributed by atoms with Crippen molar-refractivity contribution in [3.63, 3.8) is 0 Å². The third kappa shape index (κ3) is 4.94.